The Hall–Kier alpha value is -1.14. The van der Waals surface area contributed by atoms with E-state index in [4.69, 9.17) is 11.5 Å². The van der Waals surface area contributed by atoms with E-state index in [1.54, 1.807) is 11.8 Å². The monoisotopic (exact) mass is 217 g/mol. The van der Waals surface area contributed by atoms with Crippen LogP contribution >= 0.6 is 0 Å². The van der Waals surface area contributed by atoms with Gasteiger partial charge in [0.25, 0.3) is 0 Å². The van der Waals surface area contributed by atoms with Gasteiger partial charge >= 0.3 is 0 Å². The third-order valence-corrected chi connectivity index (χ3v) is 1.87. The fourth-order valence-electron chi connectivity index (χ4n) is 1.20. The molecule has 6 nitrogen and oxygen atoms in total. The van der Waals surface area contributed by atoms with Crippen molar-refractivity contribution in [3.63, 3.8) is 0 Å². The SMILES string of the molecule is C[C@H](O)CN(CCC(N)=O)CCC(N)=O. The van der Waals surface area contributed by atoms with Gasteiger partial charge in [0.2, 0.25) is 11.8 Å². The van der Waals surface area contributed by atoms with Crippen molar-refractivity contribution in [3.8, 4) is 0 Å². The summed E-state index contributed by atoms with van der Waals surface area (Å²) in [4.78, 5) is 22.9. The predicted octanol–water partition coefficient (Wildman–Crippen LogP) is -1.58. The number of primary amides is 2. The molecule has 0 saturated carbocycles. The molecule has 0 radical (unpaired) electrons. The Morgan fingerprint density at radius 3 is 1.87 bits per heavy atom. The third kappa shape index (κ3) is 9.17. The zero-order valence-corrected chi connectivity index (χ0v) is 8.98. The fraction of sp³-hybridized carbons (Fsp3) is 0.778. The molecule has 0 aromatic rings. The number of aliphatic hydroxyl groups excluding tert-OH is 1. The molecule has 0 aromatic heterocycles. The van der Waals surface area contributed by atoms with Crippen molar-refractivity contribution in [3.05, 3.63) is 0 Å². The second kappa shape index (κ2) is 7.19. The molecule has 15 heavy (non-hydrogen) atoms. The van der Waals surface area contributed by atoms with Gasteiger partial charge in [-0.05, 0) is 6.92 Å². The molecule has 0 aromatic carbocycles. The van der Waals surface area contributed by atoms with Gasteiger partial charge in [0.05, 0.1) is 6.10 Å². The lowest BCUT2D eigenvalue weighted by molar-refractivity contribution is -0.118. The number of carbonyl (C=O) groups excluding carboxylic acids is 2. The number of hydrogen-bond donors (Lipinski definition) is 3. The minimum Gasteiger partial charge on any atom is -0.392 e. The Balaban J connectivity index is 3.94. The zero-order chi connectivity index (χ0) is 11.8. The average Bonchev–Trinajstić information content (AvgIpc) is 2.08. The van der Waals surface area contributed by atoms with Gasteiger partial charge in [-0.25, -0.2) is 0 Å². The third-order valence-electron chi connectivity index (χ3n) is 1.87. The maximum Gasteiger partial charge on any atom is 0.218 e. The molecular weight excluding hydrogens is 198 g/mol. The van der Waals surface area contributed by atoms with E-state index in [0.29, 0.717) is 19.6 Å². The minimum absolute atomic E-state index is 0.214. The van der Waals surface area contributed by atoms with E-state index in [0.717, 1.165) is 0 Å². The molecule has 0 saturated heterocycles. The van der Waals surface area contributed by atoms with Gasteiger partial charge in [0.15, 0.2) is 0 Å². The normalized spacial score (nSPS) is 12.7. The Labute approximate surface area is 89.2 Å². The van der Waals surface area contributed by atoms with Gasteiger partial charge in [-0.2, -0.15) is 0 Å². The lowest BCUT2D eigenvalue weighted by Gasteiger charge is -2.22. The highest BCUT2D eigenvalue weighted by Gasteiger charge is 2.10. The quantitative estimate of drug-likeness (QED) is 0.455. The summed E-state index contributed by atoms with van der Waals surface area (Å²) in [5, 5.41) is 9.18. The number of nitrogens with two attached hydrogens (primary N) is 2. The van der Waals surface area contributed by atoms with E-state index < -0.39 is 17.9 Å². The molecule has 0 aliphatic carbocycles. The van der Waals surface area contributed by atoms with Crippen molar-refractivity contribution in [1.82, 2.24) is 4.90 Å². The number of hydrogen-bond acceptors (Lipinski definition) is 4. The maximum absolute atomic E-state index is 10.6. The summed E-state index contributed by atoms with van der Waals surface area (Å²) in [6.07, 6.45) is -0.0810. The smallest absolute Gasteiger partial charge is 0.218 e. The first-order valence-electron chi connectivity index (χ1n) is 4.89. The van der Waals surface area contributed by atoms with Gasteiger partial charge < -0.3 is 16.6 Å². The topological polar surface area (TPSA) is 110 Å². The summed E-state index contributed by atoms with van der Waals surface area (Å²) in [6.45, 7) is 2.92. The summed E-state index contributed by atoms with van der Waals surface area (Å²) in [6, 6.07) is 0. The van der Waals surface area contributed by atoms with E-state index in [-0.39, 0.29) is 12.8 Å². The average molecular weight is 217 g/mol. The van der Waals surface area contributed by atoms with E-state index in [1.165, 1.54) is 0 Å². The van der Waals surface area contributed by atoms with Crippen LogP contribution in [0.2, 0.25) is 0 Å². The fourth-order valence-corrected chi connectivity index (χ4v) is 1.20. The van der Waals surface area contributed by atoms with E-state index in [1.807, 2.05) is 0 Å². The van der Waals surface area contributed by atoms with E-state index >= 15 is 0 Å². The standard InChI is InChI=1S/C9H19N3O3/c1-7(13)6-12(4-2-8(10)14)5-3-9(11)15/h7,13H,2-6H2,1H3,(H2,10,14)(H2,11,15)/t7-/m0/s1. The maximum atomic E-state index is 10.6. The van der Waals surface area contributed by atoms with Crippen molar-refractivity contribution < 1.29 is 14.7 Å². The van der Waals surface area contributed by atoms with Crippen molar-refractivity contribution in [1.29, 1.82) is 0 Å². The summed E-state index contributed by atoms with van der Waals surface area (Å²) < 4.78 is 0. The van der Waals surface area contributed by atoms with E-state index in [9.17, 15) is 14.7 Å². The Morgan fingerprint density at radius 1 is 1.20 bits per heavy atom. The highest BCUT2D eigenvalue weighted by atomic mass is 16.3. The molecule has 0 spiro atoms. The summed E-state index contributed by atoms with van der Waals surface area (Å²) in [5.74, 6) is -0.797. The lowest BCUT2D eigenvalue weighted by atomic mass is 10.3. The van der Waals surface area contributed by atoms with Crippen molar-refractivity contribution >= 4 is 11.8 Å². The van der Waals surface area contributed by atoms with Gasteiger partial charge in [-0.1, -0.05) is 0 Å². The molecule has 0 bridgehead atoms. The Kier molecular flexibility index (Phi) is 6.64. The highest BCUT2D eigenvalue weighted by Crippen LogP contribution is 1.96. The van der Waals surface area contributed by atoms with Crippen LogP contribution in [0, 0.1) is 0 Å². The molecule has 0 fully saturated rings. The van der Waals surface area contributed by atoms with Crippen LogP contribution in [0.1, 0.15) is 19.8 Å². The number of carbonyl (C=O) groups is 2. The molecular formula is C9H19N3O3. The first kappa shape index (κ1) is 13.9. The van der Waals surface area contributed by atoms with Crippen LogP contribution in [-0.2, 0) is 9.59 Å². The minimum atomic E-state index is -0.509. The molecule has 0 rings (SSSR count). The van der Waals surface area contributed by atoms with E-state index in [2.05, 4.69) is 0 Å². The largest absolute Gasteiger partial charge is 0.392 e. The Bertz CT molecular complexity index is 201. The molecule has 0 aliphatic heterocycles. The molecule has 6 heteroatoms. The van der Waals surface area contributed by atoms with Crippen molar-refractivity contribution in [2.75, 3.05) is 19.6 Å². The van der Waals surface area contributed by atoms with Crippen molar-refractivity contribution in [2.24, 2.45) is 11.5 Å². The van der Waals surface area contributed by atoms with Crippen LogP contribution in [-0.4, -0.2) is 47.6 Å². The number of aliphatic hydroxyl groups is 1. The number of rotatable bonds is 8. The molecule has 0 aliphatic rings. The molecule has 0 unspecified atom stereocenters. The second-order valence-electron chi connectivity index (χ2n) is 3.58. The predicted molar refractivity (Wildman–Crippen MR) is 55.7 cm³/mol. The molecule has 5 N–H and O–H groups in total. The van der Waals surface area contributed by atoms with Crippen molar-refractivity contribution in [2.45, 2.75) is 25.9 Å². The van der Waals surface area contributed by atoms with Crippen LogP contribution < -0.4 is 11.5 Å². The lowest BCUT2D eigenvalue weighted by Crippen LogP contribution is -2.36. The summed E-state index contributed by atoms with van der Waals surface area (Å²) in [7, 11) is 0. The van der Waals surface area contributed by atoms with Crippen LogP contribution in [0.25, 0.3) is 0 Å². The zero-order valence-electron chi connectivity index (χ0n) is 8.98. The van der Waals surface area contributed by atoms with Crippen LogP contribution in [0.3, 0.4) is 0 Å². The van der Waals surface area contributed by atoms with Gasteiger partial charge in [-0.3, -0.25) is 14.5 Å². The number of nitrogens with zero attached hydrogens (tertiary/aromatic N) is 1. The summed E-state index contributed by atoms with van der Waals surface area (Å²) in [5.41, 5.74) is 10.0. The van der Waals surface area contributed by atoms with Gasteiger partial charge in [0, 0.05) is 32.5 Å². The van der Waals surface area contributed by atoms with Gasteiger partial charge in [0.1, 0.15) is 0 Å². The Morgan fingerprint density at radius 2 is 1.60 bits per heavy atom. The highest BCUT2D eigenvalue weighted by molar-refractivity contribution is 5.74. The first-order chi connectivity index (χ1) is 6.91. The molecule has 2 amide bonds. The molecule has 88 valence electrons. The van der Waals surface area contributed by atoms with Crippen LogP contribution in [0.5, 0.6) is 0 Å². The van der Waals surface area contributed by atoms with Crippen LogP contribution in [0.15, 0.2) is 0 Å². The number of amides is 2. The van der Waals surface area contributed by atoms with Crippen LogP contribution in [0.4, 0.5) is 0 Å². The molecule has 0 heterocycles. The van der Waals surface area contributed by atoms with Gasteiger partial charge in [-0.15, -0.1) is 0 Å². The summed E-state index contributed by atoms with van der Waals surface area (Å²) >= 11 is 0. The second-order valence-corrected chi connectivity index (χ2v) is 3.58. The molecule has 1 atom stereocenters. The first-order valence-corrected chi connectivity index (χ1v) is 4.89.